The van der Waals surface area contributed by atoms with Crippen LogP contribution in [0.3, 0.4) is 0 Å². The van der Waals surface area contributed by atoms with Crippen LogP contribution < -0.4 is 10.5 Å². The molecule has 20 heavy (non-hydrogen) atoms. The summed E-state index contributed by atoms with van der Waals surface area (Å²) in [5.41, 5.74) is 7.26. The van der Waals surface area contributed by atoms with Crippen molar-refractivity contribution in [3.8, 4) is 17.9 Å². The van der Waals surface area contributed by atoms with Crippen LogP contribution in [-0.2, 0) is 10.0 Å². The van der Waals surface area contributed by atoms with Gasteiger partial charge in [0.1, 0.15) is 0 Å². The van der Waals surface area contributed by atoms with E-state index >= 15 is 0 Å². The molecule has 0 aliphatic rings. The summed E-state index contributed by atoms with van der Waals surface area (Å²) in [6.07, 6.45) is 0.234. The normalized spacial score (nSPS) is 11.9. The molecule has 0 fully saturated rings. The van der Waals surface area contributed by atoms with Gasteiger partial charge >= 0.3 is 0 Å². The lowest BCUT2D eigenvalue weighted by atomic mass is 10.1. The zero-order valence-corrected chi connectivity index (χ0v) is 12.3. The highest BCUT2D eigenvalue weighted by atomic mass is 32.2. The number of rotatable bonds is 4. The van der Waals surface area contributed by atoms with Gasteiger partial charge in [-0.15, -0.1) is 0 Å². The van der Waals surface area contributed by atoms with Crippen LogP contribution in [0.2, 0.25) is 0 Å². The van der Waals surface area contributed by atoms with Gasteiger partial charge in [0.15, 0.2) is 5.25 Å². The minimum Gasteiger partial charge on any atom is -0.320 e. The van der Waals surface area contributed by atoms with E-state index < -0.39 is 15.3 Å². The predicted molar refractivity (Wildman–Crippen MR) is 79.3 cm³/mol. The maximum atomic E-state index is 12.0. The molecule has 0 heterocycles. The Balaban J connectivity index is 3.10. The van der Waals surface area contributed by atoms with Gasteiger partial charge in [0, 0.05) is 5.56 Å². The molecule has 5 nitrogen and oxygen atoms in total. The summed E-state index contributed by atoms with van der Waals surface area (Å²) in [6.45, 7) is 3.73. The number of nitrogens with two attached hydrogens (primary N) is 1. The number of sulfonamides is 1. The van der Waals surface area contributed by atoms with Crippen LogP contribution in [0.25, 0.3) is 0 Å². The number of aryl methyl sites for hydroxylation is 1. The average molecular weight is 291 g/mol. The Morgan fingerprint density at radius 1 is 1.40 bits per heavy atom. The van der Waals surface area contributed by atoms with Crippen LogP contribution >= 0.6 is 0 Å². The number of benzene rings is 1. The van der Waals surface area contributed by atoms with Crippen molar-refractivity contribution in [2.24, 2.45) is 5.73 Å². The van der Waals surface area contributed by atoms with E-state index in [0.717, 1.165) is 5.56 Å². The summed E-state index contributed by atoms with van der Waals surface area (Å²) < 4.78 is 26.4. The number of nitriles is 1. The van der Waals surface area contributed by atoms with Crippen molar-refractivity contribution in [1.82, 2.24) is 0 Å². The van der Waals surface area contributed by atoms with Gasteiger partial charge in [0.2, 0.25) is 10.0 Å². The molecule has 6 heteroatoms. The molecule has 1 rings (SSSR count). The SMILES string of the molecule is CCC(C#N)S(=O)(=O)Nc1cc(C)cc(C#CCN)c1. The van der Waals surface area contributed by atoms with Crippen LogP contribution in [0.4, 0.5) is 5.69 Å². The van der Waals surface area contributed by atoms with E-state index in [0.29, 0.717) is 11.3 Å². The van der Waals surface area contributed by atoms with Crippen LogP contribution in [0.1, 0.15) is 24.5 Å². The first-order valence-corrected chi connectivity index (χ1v) is 7.69. The van der Waals surface area contributed by atoms with Crippen molar-refractivity contribution in [3.05, 3.63) is 29.3 Å². The van der Waals surface area contributed by atoms with Gasteiger partial charge in [-0.1, -0.05) is 18.8 Å². The van der Waals surface area contributed by atoms with Gasteiger partial charge in [-0.25, -0.2) is 8.42 Å². The van der Waals surface area contributed by atoms with Crippen molar-refractivity contribution >= 4 is 15.7 Å². The zero-order chi connectivity index (χ0) is 15.2. The second-order valence-corrected chi connectivity index (χ2v) is 6.13. The molecule has 0 saturated heterocycles. The topological polar surface area (TPSA) is 96.0 Å². The fourth-order valence-corrected chi connectivity index (χ4v) is 2.85. The van der Waals surface area contributed by atoms with Crippen LogP contribution in [-0.4, -0.2) is 20.2 Å². The van der Waals surface area contributed by atoms with Gasteiger partial charge in [-0.05, 0) is 37.1 Å². The number of nitrogens with zero attached hydrogens (tertiary/aromatic N) is 1. The molecular formula is C14H17N3O2S. The second-order valence-electron chi connectivity index (χ2n) is 4.27. The van der Waals surface area contributed by atoms with Gasteiger partial charge < -0.3 is 5.73 Å². The summed E-state index contributed by atoms with van der Waals surface area (Å²) in [6, 6.07) is 6.93. The highest BCUT2D eigenvalue weighted by Gasteiger charge is 2.23. The highest BCUT2D eigenvalue weighted by molar-refractivity contribution is 7.93. The van der Waals surface area contributed by atoms with Crippen molar-refractivity contribution in [2.75, 3.05) is 11.3 Å². The van der Waals surface area contributed by atoms with E-state index in [2.05, 4.69) is 16.6 Å². The first-order chi connectivity index (χ1) is 9.42. The molecule has 3 N–H and O–H groups in total. The standard InChI is InChI=1S/C14H17N3O2S/c1-3-14(10-16)20(18,19)17-13-8-11(2)7-12(9-13)5-4-6-15/h7-9,14,17H,3,6,15H2,1-2H3. The Hall–Kier alpha value is -2.02. The Bertz CT molecular complexity index is 679. The average Bonchev–Trinajstić information content (AvgIpc) is 2.36. The molecular weight excluding hydrogens is 274 g/mol. The monoisotopic (exact) mass is 291 g/mol. The summed E-state index contributed by atoms with van der Waals surface area (Å²) in [4.78, 5) is 0. The Morgan fingerprint density at radius 2 is 2.10 bits per heavy atom. The summed E-state index contributed by atoms with van der Waals surface area (Å²) >= 11 is 0. The maximum absolute atomic E-state index is 12.0. The van der Waals surface area contributed by atoms with Crippen molar-refractivity contribution in [2.45, 2.75) is 25.5 Å². The lowest BCUT2D eigenvalue weighted by molar-refractivity contribution is 0.593. The van der Waals surface area contributed by atoms with Crippen molar-refractivity contribution < 1.29 is 8.42 Å². The number of hydrogen-bond acceptors (Lipinski definition) is 4. The number of nitrogens with one attached hydrogen (secondary N) is 1. The van der Waals surface area contributed by atoms with Crippen LogP contribution in [0.5, 0.6) is 0 Å². The quantitative estimate of drug-likeness (QED) is 0.818. The Morgan fingerprint density at radius 3 is 2.65 bits per heavy atom. The van der Waals surface area contributed by atoms with Crippen LogP contribution in [0.15, 0.2) is 18.2 Å². The molecule has 0 amide bonds. The molecule has 1 atom stereocenters. The molecule has 1 aromatic carbocycles. The Kier molecular flexibility index (Phi) is 5.57. The number of hydrogen-bond donors (Lipinski definition) is 2. The third kappa shape index (κ3) is 4.27. The van der Waals surface area contributed by atoms with Gasteiger partial charge in [0.05, 0.1) is 18.3 Å². The minimum atomic E-state index is -3.71. The molecule has 0 aromatic heterocycles. The molecule has 0 aliphatic heterocycles. The zero-order valence-electron chi connectivity index (χ0n) is 11.5. The van der Waals surface area contributed by atoms with Crippen molar-refractivity contribution in [1.29, 1.82) is 5.26 Å². The molecule has 0 saturated carbocycles. The van der Waals surface area contributed by atoms with Gasteiger partial charge in [-0.2, -0.15) is 5.26 Å². The van der Waals surface area contributed by atoms with Gasteiger partial charge in [-0.3, -0.25) is 4.72 Å². The minimum absolute atomic E-state index is 0.234. The summed E-state index contributed by atoms with van der Waals surface area (Å²) in [5, 5.41) is 7.79. The second kappa shape index (κ2) is 6.95. The highest BCUT2D eigenvalue weighted by Crippen LogP contribution is 2.17. The van der Waals surface area contributed by atoms with E-state index in [9.17, 15) is 8.42 Å². The largest absolute Gasteiger partial charge is 0.320 e. The van der Waals surface area contributed by atoms with E-state index in [1.165, 1.54) is 0 Å². The predicted octanol–water partition coefficient (Wildman–Crippen LogP) is 1.35. The number of anilines is 1. The first-order valence-electron chi connectivity index (χ1n) is 6.14. The van der Waals surface area contributed by atoms with E-state index in [-0.39, 0.29) is 13.0 Å². The summed E-state index contributed by atoms with van der Waals surface area (Å²) in [5.74, 6) is 5.57. The van der Waals surface area contributed by atoms with E-state index in [4.69, 9.17) is 11.0 Å². The van der Waals surface area contributed by atoms with Crippen LogP contribution in [0, 0.1) is 30.1 Å². The maximum Gasteiger partial charge on any atom is 0.249 e. The molecule has 1 aromatic rings. The smallest absolute Gasteiger partial charge is 0.249 e. The van der Waals surface area contributed by atoms with Gasteiger partial charge in [0.25, 0.3) is 0 Å². The lowest BCUT2D eigenvalue weighted by Gasteiger charge is -2.12. The molecule has 106 valence electrons. The molecule has 1 unspecified atom stereocenters. The van der Waals surface area contributed by atoms with Crippen molar-refractivity contribution in [3.63, 3.8) is 0 Å². The van der Waals surface area contributed by atoms with E-state index in [1.807, 2.05) is 13.0 Å². The Labute approximate surface area is 119 Å². The molecule has 0 aliphatic carbocycles. The third-order valence-corrected chi connectivity index (χ3v) is 4.27. The summed E-state index contributed by atoms with van der Waals surface area (Å²) in [7, 11) is -3.71. The van der Waals surface area contributed by atoms with E-state index in [1.54, 1.807) is 25.1 Å². The fraction of sp³-hybridized carbons (Fsp3) is 0.357. The molecule has 0 bridgehead atoms. The fourth-order valence-electron chi connectivity index (χ4n) is 1.68. The molecule has 0 spiro atoms. The lowest BCUT2D eigenvalue weighted by Crippen LogP contribution is -2.26. The molecule has 0 radical (unpaired) electrons. The first kappa shape index (κ1) is 16.0. The third-order valence-electron chi connectivity index (χ3n) is 2.56.